The molecule has 0 rings (SSSR count). The molecule has 0 aliphatic heterocycles. The molecule has 0 aliphatic rings. The van der Waals surface area contributed by atoms with Crippen molar-refractivity contribution in [2.75, 3.05) is 6.61 Å². The fraction of sp³-hybridized carbons (Fsp3) is 0.800. The molecular weight excluding hydrogens is 147 g/mol. The molecule has 0 radical (unpaired) electrons. The van der Waals surface area contributed by atoms with E-state index in [2.05, 4.69) is 0 Å². The van der Waals surface area contributed by atoms with Crippen LogP contribution in [0.5, 0.6) is 0 Å². The number of hydrogen-bond donors (Lipinski definition) is 2. The van der Waals surface area contributed by atoms with Crippen LogP contribution in [-0.4, -0.2) is 22.8 Å². The fourth-order valence-electron chi connectivity index (χ4n) is 0.388. The minimum absolute atomic E-state index is 0. The minimum Gasteiger partial charge on any atom is -1.00 e. The minimum atomic E-state index is -0.793. The first kappa shape index (κ1) is 12.7. The second-order valence-corrected chi connectivity index (χ2v) is 1.57. The first-order chi connectivity index (χ1) is 3.77. The first-order valence-corrected chi connectivity index (χ1v) is 2.60. The molecule has 0 saturated heterocycles. The Morgan fingerprint density at radius 2 is 2.00 bits per heavy atom. The first-order valence-electron chi connectivity index (χ1n) is 2.60. The van der Waals surface area contributed by atoms with Crippen molar-refractivity contribution in [3.63, 3.8) is 0 Å². The van der Waals surface area contributed by atoms with Gasteiger partial charge in [0.15, 0.2) is 0 Å². The van der Waals surface area contributed by atoms with Crippen LogP contribution in [0, 0.1) is 0 Å². The van der Waals surface area contributed by atoms with Gasteiger partial charge < -0.3 is 11.6 Å². The van der Waals surface area contributed by atoms with Crippen LogP contribution >= 0.6 is 0 Å². The van der Waals surface area contributed by atoms with Gasteiger partial charge in [-0.1, -0.05) is 0 Å². The van der Waals surface area contributed by atoms with Gasteiger partial charge in [-0.05, 0) is 12.8 Å². The molecule has 0 aromatic rings. The van der Waals surface area contributed by atoms with Crippen LogP contribution in [-0.2, 0) is 4.79 Å². The molecule has 0 amide bonds. The molecule has 0 spiro atoms. The third kappa shape index (κ3) is 12.3. The molecule has 50 valence electrons. The quantitative estimate of drug-likeness (QED) is 0.347. The maximum atomic E-state index is 9.79. The van der Waals surface area contributed by atoms with Gasteiger partial charge in [0.05, 0.1) is 0 Å². The van der Waals surface area contributed by atoms with Gasteiger partial charge in [0.2, 0.25) is 0 Å². The van der Waals surface area contributed by atoms with Crippen molar-refractivity contribution >= 4 is 5.97 Å². The second kappa shape index (κ2) is 9.07. The molecule has 0 unspecified atom stereocenters. The standard InChI is InChI=1S/C5H10O3.K.H/c6-4-2-1-3-5(7)8;;/h6H,1-4H2,(H,7,8);;/q;+1;-1. The van der Waals surface area contributed by atoms with Crippen LogP contribution in [0.3, 0.4) is 0 Å². The largest absolute Gasteiger partial charge is 1.00 e. The monoisotopic (exact) mass is 158 g/mol. The van der Waals surface area contributed by atoms with E-state index in [0.717, 1.165) is 0 Å². The average Bonchev–Trinajstić information content (AvgIpc) is 1.66. The molecule has 3 nitrogen and oxygen atoms in total. The van der Waals surface area contributed by atoms with Crippen molar-refractivity contribution in [3.8, 4) is 0 Å². The summed E-state index contributed by atoms with van der Waals surface area (Å²) in [5.74, 6) is -0.793. The van der Waals surface area contributed by atoms with Crippen molar-refractivity contribution < 1.29 is 67.8 Å². The number of hydrogen-bond acceptors (Lipinski definition) is 2. The van der Waals surface area contributed by atoms with E-state index in [1.165, 1.54) is 0 Å². The molecular formula is C5H11KO3. The average molecular weight is 158 g/mol. The van der Waals surface area contributed by atoms with Crippen LogP contribution in [0.1, 0.15) is 20.7 Å². The molecule has 4 heteroatoms. The zero-order valence-corrected chi connectivity index (χ0v) is 8.75. The predicted octanol–water partition coefficient (Wildman–Crippen LogP) is -2.65. The van der Waals surface area contributed by atoms with Gasteiger partial charge in [0.25, 0.3) is 0 Å². The Kier molecular flexibility index (Phi) is 12.8. The summed E-state index contributed by atoms with van der Waals surface area (Å²) in [4.78, 5) is 9.79. The molecule has 2 N–H and O–H groups in total. The maximum Gasteiger partial charge on any atom is 1.00 e. The van der Waals surface area contributed by atoms with Crippen LogP contribution < -0.4 is 51.4 Å². The zero-order chi connectivity index (χ0) is 6.41. The Labute approximate surface area is 98.4 Å². The number of carboxylic acid groups (broad SMARTS) is 1. The molecule has 0 fully saturated rings. The topological polar surface area (TPSA) is 57.5 Å². The van der Waals surface area contributed by atoms with Gasteiger partial charge in [-0.15, -0.1) is 0 Å². The van der Waals surface area contributed by atoms with E-state index in [9.17, 15) is 4.79 Å². The third-order valence-electron chi connectivity index (χ3n) is 0.799. The van der Waals surface area contributed by atoms with Crippen molar-refractivity contribution in [2.24, 2.45) is 0 Å². The number of carboxylic acids is 1. The van der Waals surface area contributed by atoms with E-state index in [-0.39, 0.29) is 65.8 Å². The van der Waals surface area contributed by atoms with Crippen LogP contribution in [0.15, 0.2) is 0 Å². The van der Waals surface area contributed by atoms with Crippen LogP contribution in [0.25, 0.3) is 0 Å². The number of rotatable bonds is 4. The number of aliphatic hydroxyl groups is 1. The van der Waals surface area contributed by atoms with Gasteiger partial charge in [-0.3, -0.25) is 4.79 Å². The molecule has 0 heterocycles. The predicted molar refractivity (Wildman–Crippen MR) is 29.7 cm³/mol. The van der Waals surface area contributed by atoms with Gasteiger partial charge in [0.1, 0.15) is 0 Å². The van der Waals surface area contributed by atoms with E-state index >= 15 is 0 Å². The molecule has 0 atom stereocenters. The summed E-state index contributed by atoms with van der Waals surface area (Å²) >= 11 is 0. The van der Waals surface area contributed by atoms with Crippen molar-refractivity contribution in [3.05, 3.63) is 0 Å². The summed E-state index contributed by atoms with van der Waals surface area (Å²) in [6.45, 7) is 0.0906. The molecule has 0 aromatic heterocycles. The van der Waals surface area contributed by atoms with Crippen molar-refractivity contribution in [1.29, 1.82) is 0 Å². The van der Waals surface area contributed by atoms with E-state index in [4.69, 9.17) is 10.2 Å². The Hall–Kier alpha value is 1.07. The number of unbranched alkanes of at least 4 members (excludes halogenated alkanes) is 1. The van der Waals surface area contributed by atoms with E-state index in [0.29, 0.717) is 12.8 Å². The smallest absolute Gasteiger partial charge is 1.00 e. The van der Waals surface area contributed by atoms with Crippen LogP contribution in [0.2, 0.25) is 0 Å². The normalized spacial score (nSPS) is 8.11. The van der Waals surface area contributed by atoms with Crippen molar-refractivity contribution in [2.45, 2.75) is 19.3 Å². The van der Waals surface area contributed by atoms with Gasteiger partial charge in [-0.2, -0.15) is 0 Å². The maximum absolute atomic E-state index is 9.79. The summed E-state index contributed by atoms with van der Waals surface area (Å²) in [5, 5.41) is 16.2. The van der Waals surface area contributed by atoms with E-state index in [1.54, 1.807) is 0 Å². The number of aliphatic carboxylic acids is 1. The second-order valence-electron chi connectivity index (χ2n) is 1.57. The summed E-state index contributed by atoms with van der Waals surface area (Å²) < 4.78 is 0. The Morgan fingerprint density at radius 1 is 1.44 bits per heavy atom. The Balaban J connectivity index is -0.000000245. The third-order valence-corrected chi connectivity index (χ3v) is 0.799. The molecule has 9 heavy (non-hydrogen) atoms. The number of aliphatic hydroxyl groups excluding tert-OH is 1. The van der Waals surface area contributed by atoms with E-state index in [1.807, 2.05) is 0 Å². The Morgan fingerprint density at radius 3 is 2.33 bits per heavy atom. The Bertz CT molecular complexity index is 79.3. The summed E-state index contributed by atoms with van der Waals surface area (Å²) in [6.07, 6.45) is 1.33. The number of carbonyl (C=O) groups is 1. The SMILES string of the molecule is O=C(O)CCCCO.[H-].[K+]. The summed E-state index contributed by atoms with van der Waals surface area (Å²) in [6, 6.07) is 0. The van der Waals surface area contributed by atoms with Gasteiger partial charge in [-0.25, -0.2) is 0 Å². The fourth-order valence-corrected chi connectivity index (χ4v) is 0.388. The zero-order valence-electron chi connectivity index (χ0n) is 6.63. The van der Waals surface area contributed by atoms with Crippen LogP contribution in [0.4, 0.5) is 0 Å². The van der Waals surface area contributed by atoms with Gasteiger partial charge >= 0.3 is 57.4 Å². The summed E-state index contributed by atoms with van der Waals surface area (Å²) in [5.41, 5.74) is 0. The molecule has 0 saturated carbocycles. The van der Waals surface area contributed by atoms with E-state index < -0.39 is 5.97 Å². The summed E-state index contributed by atoms with van der Waals surface area (Å²) in [7, 11) is 0. The molecule has 0 aromatic carbocycles. The molecule has 0 bridgehead atoms. The van der Waals surface area contributed by atoms with Gasteiger partial charge in [0, 0.05) is 13.0 Å². The van der Waals surface area contributed by atoms with Crippen molar-refractivity contribution in [1.82, 2.24) is 0 Å². The molecule has 0 aliphatic carbocycles.